The molecule has 0 spiro atoms. The van der Waals surface area contributed by atoms with Gasteiger partial charge in [-0.3, -0.25) is 5.10 Å². The highest BCUT2D eigenvalue weighted by Crippen LogP contribution is 2.19. The Hall–Kier alpha value is -1.68. The van der Waals surface area contributed by atoms with Crippen molar-refractivity contribution >= 4 is 0 Å². The highest BCUT2D eigenvalue weighted by atomic mass is 15.2. The number of nitrogens with zero attached hydrogens (tertiary/aromatic N) is 2. The van der Waals surface area contributed by atoms with E-state index in [4.69, 9.17) is 0 Å². The molecule has 1 fully saturated rings. The molecule has 3 rings (SSSR count). The van der Waals surface area contributed by atoms with Crippen LogP contribution in [0.25, 0.3) is 0 Å². The Labute approximate surface area is 113 Å². The summed E-state index contributed by atoms with van der Waals surface area (Å²) in [5, 5.41) is 10.9. The molecule has 0 bridgehead atoms. The van der Waals surface area contributed by atoms with E-state index < -0.39 is 0 Å². The van der Waals surface area contributed by atoms with Gasteiger partial charge in [-0.15, -0.1) is 0 Å². The van der Waals surface area contributed by atoms with Crippen LogP contribution in [0.15, 0.2) is 30.3 Å². The molecule has 1 unspecified atom stereocenters. The topological polar surface area (TPSA) is 53.6 Å². The zero-order valence-corrected chi connectivity index (χ0v) is 11.1. The quantitative estimate of drug-likeness (QED) is 0.880. The van der Waals surface area contributed by atoms with Crippen molar-refractivity contribution in [1.82, 2.24) is 20.5 Å². The number of H-pyrrole nitrogens is 1. The second-order valence-corrected chi connectivity index (χ2v) is 5.17. The molecule has 0 amide bonds. The van der Waals surface area contributed by atoms with Gasteiger partial charge in [0, 0.05) is 18.9 Å². The number of aryl methyl sites for hydroxylation is 2. The Morgan fingerprint density at radius 1 is 1.16 bits per heavy atom. The fraction of sp³-hybridized carbons (Fsp3) is 0.467. The van der Waals surface area contributed by atoms with E-state index in [2.05, 4.69) is 44.8 Å². The summed E-state index contributed by atoms with van der Waals surface area (Å²) in [6.07, 6.45) is 4.36. The summed E-state index contributed by atoms with van der Waals surface area (Å²) in [6, 6.07) is 10.5. The Morgan fingerprint density at radius 2 is 2.05 bits per heavy atom. The average Bonchev–Trinajstić information content (AvgIpc) is 2.96. The van der Waals surface area contributed by atoms with Crippen molar-refractivity contribution in [3.8, 4) is 0 Å². The molecule has 0 saturated carbocycles. The van der Waals surface area contributed by atoms with Crippen molar-refractivity contribution in [3.05, 3.63) is 47.5 Å². The first-order valence-electron chi connectivity index (χ1n) is 7.07. The summed E-state index contributed by atoms with van der Waals surface area (Å²) in [7, 11) is 0. The summed E-state index contributed by atoms with van der Waals surface area (Å²) in [4.78, 5) is 4.64. The van der Waals surface area contributed by atoms with Gasteiger partial charge in [-0.2, -0.15) is 5.10 Å². The summed E-state index contributed by atoms with van der Waals surface area (Å²) < 4.78 is 0. The first-order valence-corrected chi connectivity index (χ1v) is 7.07. The van der Waals surface area contributed by atoms with Crippen LogP contribution in [0.1, 0.15) is 36.0 Å². The molecule has 2 heterocycles. The van der Waals surface area contributed by atoms with Gasteiger partial charge in [-0.25, -0.2) is 4.98 Å². The summed E-state index contributed by atoms with van der Waals surface area (Å²) in [5.74, 6) is 2.47. The normalized spacial score (nSPS) is 19.5. The first kappa shape index (κ1) is 12.4. The number of nitrogens with one attached hydrogen (secondary N) is 2. The maximum absolute atomic E-state index is 4.64. The first-order chi connectivity index (χ1) is 9.42. The number of piperidine rings is 1. The molecule has 0 radical (unpaired) electrons. The number of aromatic amines is 1. The van der Waals surface area contributed by atoms with E-state index in [1.807, 2.05) is 6.07 Å². The second kappa shape index (κ2) is 5.97. The van der Waals surface area contributed by atoms with Crippen molar-refractivity contribution in [1.29, 1.82) is 0 Å². The standard InChI is InChI=1S/C15H20N4/c1-2-5-12(6-3-1)8-9-14-17-15(19-18-14)13-7-4-10-16-11-13/h1-3,5-6,13,16H,4,7-11H2,(H,17,18,19). The number of benzene rings is 1. The van der Waals surface area contributed by atoms with E-state index >= 15 is 0 Å². The number of aromatic nitrogens is 3. The van der Waals surface area contributed by atoms with Crippen LogP contribution in [0, 0.1) is 0 Å². The zero-order valence-electron chi connectivity index (χ0n) is 11.1. The molecule has 2 aromatic rings. The molecule has 100 valence electrons. The van der Waals surface area contributed by atoms with Crippen molar-refractivity contribution < 1.29 is 0 Å². The molecule has 1 atom stereocenters. The van der Waals surface area contributed by atoms with E-state index in [0.717, 1.165) is 37.6 Å². The van der Waals surface area contributed by atoms with Crippen molar-refractivity contribution in [2.75, 3.05) is 13.1 Å². The summed E-state index contributed by atoms with van der Waals surface area (Å²) in [6.45, 7) is 2.14. The van der Waals surface area contributed by atoms with Gasteiger partial charge in [-0.1, -0.05) is 30.3 Å². The van der Waals surface area contributed by atoms with Crippen LogP contribution in [0.5, 0.6) is 0 Å². The van der Waals surface area contributed by atoms with E-state index in [1.54, 1.807) is 0 Å². The highest BCUT2D eigenvalue weighted by molar-refractivity contribution is 5.15. The number of rotatable bonds is 4. The number of hydrogen-bond acceptors (Lipinski definition) is 3. The fourth-order valence-corrected chi connectivity index (χ4v) is 2.58. The Kier molecular flexibility index (Phi) is 3.89. The van der Waals surface area contributed by atoms with Crippen LogP contribution in [0.2, 0.25) is 0 Å². The van der Waals surface area contributed by atoms with Gasteiger partial charge in [0.1, 0.15) is 5.82 Å². The van der Waals surface area contributed by atoms with Crippen LogP contribution >= 0.6 is 0 Å². The van der Waals surface area contributed by atoms with Crippen molar-refractivity contribution in [2.24, 2.45) is 0 Å². The van der Waals surface area contributed by atoms with Crippen LogP contribution in [0.4, 0.5) is 0 Å². The van der Waals surface area contributed by atoms with E-state index in [9.17, 15) is 0 Å². The third kappa shape index (κ3) is 3.20. The SMILES string of the molecule is c1ccc(CCc2nc(C3CCCNC3)n[nH]2)cc1. The lowest BCUT2D eigenvalue weighted by Crippen LogP contribution is -2.28. The second-order valence-electron chi connectivity index (χ2n) is 5.17. The van der Waals surface area contributed by atoms with E-state index in [1.165, 1.54) is 18.4 Å². The van der Waals surface area contributed by atoms with E-state index in [0.29, 0.717) is 5.92 Å². The van der Waals surface area contributed by atoms with Gasteiger partial charge >= 0.3 is 0 Å². The minimum Gasteiger partial charge on any atom is -0.316 e. The predicted octanol–water partition coefficient (Wildman–Crippen LogP) is 2.06. The Balaban J connectivity index is 1.58. The molecule has 19 heavy (non-hydrogen) atoms. The predicted molar refractivity (Wildman–Crippen MR) is 75.1 cm³/mol. The molecule has 1 aromatic heterocycles. The molecular formula is C15H20N4. The molecule has 2 N–H and O–H groups in total. The molecule has 4 nitrogen and oxygen atoms in total. The number of hydrogen-bond donors (Lipinski definition) is 2. The van der Waals surface area contributed by atoms with Gasteiger partial charge in [0.25, 0.3) is 0 Å². The molecule has 0 aliphatic carbocycles. The molecule has 1 aliphatic rings. The lowest BCUT2D eigenvalue weighted by Gasteiger charge is -2.19. The summed E-state index contributed by atoms with van der Waals surface area (Å²) >= 11 is 0. The Morgan fingerprint density at radius 3 is 2.84 bits per heavy atom. The maximum atomic E-state index is 4.64. The Bertz CT molecular complexity index is 500. The third-order valence-electron chi connectivity index (χ3n) is 3.70. The minimum absolute atomic E-state index is 0.482. The molecule has 1 saturated heterocycles. The van der Waals surface area contributed by atoms with Gasteiger partial charge in [0.2, 0.25) is 0 Å². The van der Waals surface area contributed by atoms with Crippen LogP contribution in [-0.2, 0) is 12.8 Å². The van der Waals surface area contributed by atoms with Gasteiger partial charge in [-0.05, 0) is 31.4 Å². The lowest BCUT2D eigenvalue weighted by molar-refractivity contribution is 0.447. The third-order valence-corrected chi connectivity index (χ3v) is 3.70. The minimum atomic E-state index is 0.482. The van der Waals surface area contributed by atoms with Crippen molar-refractivity contribution in [2.45, 2.75) is 31.6 Å². The van der Waals surface area contributed by atoms with Crippen molar-refractivity contribution in [3.63, 3.8) is 0 Å². The molecular weight excluding hydrogens is 236 g/mol. The lowest BCUT2D eigenvalue weighted by atomic mass is 9.99. The van der Waals surface area contributed by atoms with E-state index in [-0.39, 0.29) is 0 Å². The van der Waals surface area contributed by atoms with Crippen LogP contribution in [-0.4, -0.2) is 28.3 Å². The average molecular weight is 256 g/mol. The van der Waals surface area contributed by atoms with Crippen LogP contribution in [0.3, 0.4) is 0 Å². The largest absolute Gasteiger partial charge is 0.316 e. The molecule has 4 heteroatoms. The molecule has 1 aromatic carbocycles. The fourth-order valence-electron chi connectivity index (χ4n) is 2.58. The smallest absolute Gasteiger partial charge is 0.155 e. The van der Waals surface area contributed by atoms with Crippen LogP contribution < -0.4 is 5.32 Å². The maximum Gasteiger partial charge on any atom is 0.155 e. The monoisotopic (exact) mass is 256 g/mol. The molecule has 1 aliphatic heterocycles. The van der Waals surface area contributed by atoms with Gasteiger partial charge in [0.15, 0.2) is 5.82 Å². The highest BCUT2D eigenvalue weighted by Gasteiger charge is 2.19. The van der Waals surface area contributed by atoms with Gasteiger partial charge in [0.05, 0.1) is 0 Å². The van der Waals surface area contributed by atoms with Gasteiger partial charge < -0.3 is 5.32 Å². The zero-order chi connectivity index (χ0) is 12.9. The summed E-state index contributed by atoms with van der Waals surface area (Å²) in [5.41, 5.74) is 1.35.